The minimum absolute atomic E-state index is 0.115. The molecule has 3 heterocycles. The van der Waals surface area contributed by atoms with Crippen molar-refractivity contribution in [1.82, 2.24) is 19.6 Å². The van der Waals surface area contributed by atoms with E-state index in [0.717, 1.165) is 76.5 Å². The number of hydrogen-bond acceptors (Lipinski definition) is 6. The van der Waals surface area contributed by atoms with Crippen LogP contribution in [-0.2, 0) is 17.9 Å². The Labute approximate surface area is 180 Å². The Morgan fingerprint density at radius 1 is 1.13 bits per heavy atom. The molecule has 2 saturated heterocycles. The standard InChI is InChI=1S/C23H36N4O3/c1-24-6-2-3-20(17-24)23(29)27-12-14-30-22-5-4-19(15-21(22)18-27)16-26-9-7-25(8-10-26)11-13-28/h4-5,15,20,28H,2-3,6-14,16-18H2,1H3. The number of β-amino-alcohol motifs (C(OH)–C–C–N with tert-alkyl or cyclic N) is 1. The SMILES string of the molecule is CN1CCCC(C(=O)N2CCOc3ccc(CN4CCN(CCO)CC4)cc3C2)C1. The summed E-state index contributed by atoms with van der Waals surface area (Å²) in [6.45, 7) is 9.80. The second kappa shape index (κ2) is 10.1. The van der Waals surface area contributed by atoms with Crippen LogP contribution in [0.5, 0.6) is 5.75 Å². The van der Waals surface area contributed by atoms with Gasteiger partial charge in [-0.25, -0.2) is 0 Å². The third kappa shape index (κ3) is 5.32. The summed E-state index contributed by atoms with van der Waals surface area (Å²) >= 11 is 0. The van der Waals surface area contributed by atoms with E-state index in [1.807, 2.05) is 4.90 Å². The molecule has 1 atom stereocenters. The maximum atomic E-state index is 13.2. The van der Waals surface area contributed by atoms with Gasteiger partial charge in [0.15, 0.2) is 0 Å². The molecule has 7 nitrogen and oxygen atoms in total. The minimum Gasteiger partial charge on any atom is -0.491 e. The second-order valence-corrected chi connectivity index (χ2v) is 8.99. The van der Waals surface area contributed by atoms with Crippen LogP contribution in [0.3, 0.4) is 0 Å². The van der Waals surface area contributed by atoms with E-state index in [1.54, 1.807) is 0 Å². The van der Waals surface area contributed by atoms with E-state index in [1.165, 1.54) is 5.56 Å². The summed E-state index contributed by atoms with van der Waals surface area (Å²) < 4.78 is 5.98. The van der Waals surface area contributed by atoms with Crippen LogP contribution in [0.2, 0.25) is 0 Å². The van der Waals surface area contributed by atoms with Crippen LogP contribution in [0, 0.1) is 5.92 Å². The van der Waals surface area contributed by atoms with Crippen LogP contribution < -0.4 is 4.74 Å². The zero-order chi connectivity index (χ0) is 20.9. The predicted octanol–water partition coefficient (Wildman–Crippen LogP) is 0.859. The van der Waals surface area contributed by atoms with E-state index in [0.29, 0.717) is 19.7 Å². The van der Waals surface area contributed by atoms with Gasteiger partial charge in [0.2, 0.25) is 5.91 Å². The fourth-order valence-electron chi connectivity index (χ4n) is 4.93. The second-order valence-electron chi connectivity index (χ2n) is 8.99. The number of likely N-dealkylation sites (tertiary alicyclic amines) is 1. The molecule has 0 bridgehead atoms. The first kappa shape index (κ1) is 21.6. The van der Waals surface area contributed by atoms with Gasteiger partial charge >= 0.3 is 0 Å². The van der Waals surface area contributed by atoms with Crippen molar-refractivity contribution in [1.29, 1.82) is 0 Å². The monoisotopic (exact) mass is 416 g/mol. The number of carbonyl (C=O) groups is 1. The van der Waals surface area contributed by atoms with Gasteiger partial charge in [0.1, 0.15) is 12.4 Å². The largest absolute Gasteiger partial charge is 0.491 e. The molecule has 1 unspecified atom stereocenters. The van der Waals surface area contributed by atoms with Crippen molar-refractivity contribution < 1.29 is 14.6 Å². The number of piperazine rings is 1. The van der Waals surface area contributed by atoms with E-state index < -0.39 is 0 Å². The fraction of sp³-hybridized carbons (Fsp3) is 0.696. The van der Waals surface area contributed by atoms with Gasteiger partial charge in [-0.3, -0.25) is 14.6 Å². The Kier molecular flexibility index (Phi) is 7.25. The number of ether oxygens (including phenoxy) is 1. The molecule has 0 saturated carbocycles. The number of benzene rings is 1. The number of rotatable bonds is 5. The van der Waals surface area contributed by atoms with Gasteiger partial charge in [0, 0.05) is 57.9 Å². The molecule has 0 radical (unpaired) electrons. The predicted molar refractivity (Wildman–Crippen MR) is 116 cm³/mol. The van der Waals surface area contributed by atoms with Crippen molar-refractivity contribution in [2.75, 3.05) is 72.6 Å². The van der Waals surface area contributed by atoms with Crippen molar-refractivity contribution >= 4 is 5.91 Å². The van der Waals surface area contributed by atoms with Crippen molar-refractivity contribution in [3.05, 3.63) is 29.3 Å². The number of carbonyl (C=O) groups excluding carboxylic acids is 1. The number of hydrogen-bond donors (Lipinski definition) is 1. The number of fused-ring (bicyclic) bond motifs is 1. The molecule has 1 N–H and O–H groups in total. The highest BCUT2D eigenvalue weighted by atomic mass is 16.5. The first-order valence-corrected chi connectivity index (χ1v) is 11.4. The molecule has 0 spiro atoms. The zero-order valence-corrected chi connectivity index (χ0v) is 18.3. The Morgan fingerprint density at radius 2 is 1.93 bits per heavy atom. The summed E-state index contributed by atoms with van der Waals surface area (Å²) in [6.07, 6.45) is 2.10. The van der Waals surface area contributed by atoms with Gasteiger partial charge in [-0.15, -0.1) is 0 Å². The molecule has 3 aliphatic heterocycles. The lowest BCUT2D eigenvalue weighted by Crippen LogP contribution is -2.46. The Hall–Kier alpha value is -1.67. The molecule has 1 aromatic carbocycles. The summed E-state index contributed by atoms with van der Waals surface area (Å²) in [6, 6.07) is 6.47. The fourth-order valence-corrected chi connectivity index (χ4v) is 4.93. The summed E-state index contributed by atoms with van der Waals surface area (Å²) in [7, 11) is 2.11. The van der Waals surface area contributed by atoms with Crippen LogP contribution in [0.15, 0.2) is 18.2 Å². The number of nitrogens with zero attached hydrogens (tertiary/aromatic N) is 4. The van der Waals surface area contributed by atoms with Crippen molar-refractivity contribution in [2.45, 2.75) is 25.9 Å². The van der Waals surface area contributed by atoms with Crippen molar-refractivity contribution in [2.24, 2.45) is 5.92 Å². The number of amides is 1. The highest BCUT2D eigenvalue weighted by Gasteiger charge is 2.29. The van der Waals surface area contributed by atoms with Crippen molar-refractivity contribution in [3.8, 4) is 5.75 Å². The number of aliphatic hydroxyl groups is 1. The van der Waals surface area contributed by atoms with Crippen LogP contribution in [-0.4, -0.2) is 103 Å². The quantitative estimate of drug-likeness (QED) is 0.768. The highest BCUT2D eigenvalue weighted by molar-refractivity contribution is 5.79. The molecular formula is C23H36N4O3. The molecule has 7 heteroatoms. The topological polar surface area (TPSA) is 59.5 Å². The smallest absolute Gasteiger partial charge is 0.227 e. The van der Waals surface area contributed by atoms with Gasteiger partial charge < -0.3 is 19.6 Å². The van der Waals surface area contributed by atoms with Crippen LogP contribution >= 0.6 is 0 Å². The summed E-state index contributed by atoms with van der Waals surface area (Å²) in [4.78, 5) is 22.2. The maximum absolute atomic E-state index is 13.2. The van der Waals surface area contributed by atoms with Gasteiger partial charge in [-0.05, 0) is 44.1 Å². The summed E-state index contributed by atoms with van der Waals surface area (Å²) in [5.41, 5.74) is 2.40. The van der Waals surface area contributed by atoms with E-state index in [2.05, 4.69) is 39.9 Å². The average molecular weight is 417 g/mol. The lowest BCUT2D eigenvalue weighted by molar-refractivity contribution is -0.138. The molecule has 166 valence electrons. The summed E-state index contributed by atoms with van der Waals surface area (Å²) in [5, 5.41) is 9.11. The van der Waals surface area contributed by atoms with Crippen LogP contribution in [0.1, 0.15) is 24.0 Å². The molecule has 0 aliphatic carbocycles. The molecule has 3 aliphatic rings. The molecule has 1 amide bonds. The third-order valence-electron chi connectivity index (χ3n) is 6.68. The molecule has 1 aromatic rings. The zero-order valence-electron chi connectivity index (χ0n) is 18.3. The lowest BCUT2D eigenvalue weighted by Gasteiger charge is -2.34. The van der Waals surface area contributed by atoms with Gasteiger partial charge in [-0.2, -0.15) is 0 Å². The Balaban J connectivity index is 1.39. The molecule has 0 aromatic heterocycles. The van der Waals surface area contributed by atoms with Gasteiger partial charge in [-0.1, -0.05) is 6.07 Å². The normalized spacial score (nSPS) is 24.2. The van der Waals surface area contributed by atoms with E-state index in [9.17, 15) is 4.79 Å². The van der Waals surface area contributed by atoms with Gasteiger partial charge in [0.25, 0.3) is 0 Å². The highest BCUT2D eigenvalue weighted by Crippen LogP contribution is 2.27. The molecule has 2 fully saturated rings. The molecular weight excluding hydrogens is 380 g/mol. The maximum Gasteiger partial charge on any atom is 0.227 e. The molecule has 30 heavy (non-hydrogen) atoms. The average Bonchev–Trinajstić information content (AvgIpc) is 2.97. The third-order valence-corrected chi connectivity index (χ3v) is 6.68. The van der Waals surface area contributed by atoms with Crippen LogP contribution in [0.25, 0.3) is 0 Å². The van der Waals surface area contributed by atoms with Crippen molar-refractivity contribution in [3.63, 3.8) is 0 Å². The van der Waals surface area contributed by atoms with E-state index in [-0.39, 0.29) is 18.4 Å². The summed E-state index contributed by atoms with van der Waals surface area (Å²) in [5.74, 6) is 1.31. The lowest BCUT2D eigenvalue weighted by atomic mass is 9.96. The minimum atomic E-state index is 0.115. The Bertz CT molecular complexity index is 720. The van der Waals surface area contributed by atoms with Crippen LogP contribution in [0.4, 0.5) is 0 Å². The molecule has 4 rings (SSSR count). The van der Waals surface area contributed by atoms with E-state index >= 15 is 0 Å². The Morgan fingerprint density at radius 3 is 2.70 bits per heavy atom. The van der Waals surface area contributed by atoms with Gasteiger partial charge in [0.05, 0.1) is 19.1 Å². The first-order valence-electron chi connectivity index (χ1n) is 11.4. The first-order chi connectivity index (χ1) is 14.6. The van der Waals surface area contributed by atoms with E-state index in [4.69, 9.17) is 9.84 Å². The number of piperidine rings is 1. The number of aliphatic hydroxyl groups excluding tert-OH is 1.